The molecule has 1 amide bonds. The molecule has 3 aromatic rings. The Bertz CT molecular complexity index is 1330. The molecule has 0 aliphatic heterocycles. The third kappa shape index (κ3) is 8.31. The SMILES string of the molecule is CC(C)c1cnn2c(N(Cc3ccccc3)C(=O)OC(C)(C)C)cc(N(CO[Si](C)(C)C(C)(C)C)CC(O)CO)nc12. The number of aliphatic hydroxyl groups is 2. The van der Waals surface area contributed by atoms with Crippen molar-refractivity contribution in [2.75, 3.05) is 29.7 Å². The molecule has 42 heavy (non-hydrogen) atoms. The van der Waals surface area contributed by atoms with E-state index < -0.39 is 32.7 Å². The van der Waals surface area contributed by atoms with Crippen molar-refractivity contribution in [1.82, 2.24) is 14.6 Å². The highest BCUT2D eigenvalue weighted by molar-refractivity contribution is 6.74. The molecule has 2 aromatic heterocycles. The number of aromatic nitrogens is 3. The molecule has 11 heteroatoms. The van der Waals surface area contributed by atoms with Gasteiger partial charge in [-0.15, -0.1) is 0 Å². The van der Waals surface area contributed by atoms with E-state index in [1.54, 1.807) is 21.7 Å². The van der Waals surface area contributed by atoms with Gasteiger partial charge in [0.2, 0.25) is 0 Å². The lowest BCUT2D eigenvalue weighted by Crippen LogP contribution is -2.46. The smallest absolute Gasteiger partial charge is 0.416 e. The van der Waals surface area contributed by atoms with Gasteiger partial charge in [-0.3, -0.25) is 4.90 Å². The van der Waals surface area contributed by atoms with E-state index in [1.165, 1.54) is 0 Å². The summed E-state index contributed by atoms with van der Waals surface area (Å²) >= 11 is 0. The van der Waals surface area contributed by atoms with Gasteiger partial charge in [-0.25, -0.2) is 9.78 Å². The number of amides is 1. The van der Waals surface area contributed by atoms with Crippen LogP contribution in [0, 0.1) is 0 Å². The molecule has 2 heterocycles. The van der Waals surface area contributed by atoms with Crippen LogP contribution in [0.15, 0.2) is 42.6 Å². The minimum absolute atomic E-state index is 0.0315. The van der Waals surface area contributed by atoms with Gasteiger partial charge in [-0.1, -0.05) is 65.0 Å². The Balaban J connectivity index is 2.22. The average Bonchev–Trinajstić information content (AvgIpc) is 3.32. The van der Waals surface area contributed by atoms with Crippen LogP contribution in [0.5, 0.6) is 0 Å². The monoisotopic (exact) mass is 599 g/mol. The van der Waals surface area contributed by atoms with E-state index in [-0.39, 0.29) is 30.8 Å². The Hall–Kier alpha value is -2.99. The van der Waals surface area contributed by atoms with Crippen molar-refractivity contribution in [3.05, 3.63) is 53.7 Å². The average molecular weight is 600 g/mol. The van der Waals surface area contributed by atoms with Crippen molar-refractivity contribution in [2.45, 2.75) is 97.7 Å². The van der Waals surface area contributed by atoms with Crippen molar-refractivity contribution < 1.29 is 24.2 Å². The van der Waals surface area contributed by atoms with Gasteiger partial charge >= 0.3 is 6.09 Å². The zero-order valence-corrected chi connectivity index (χ0v) is 27.9. The molecular weight excluding hydrogens is 550 g/mol. The van der Waals surface area contributed by atoms with Gasteiger partial charge in [-0.2, -0.15) is 9.61 Å². The molecule has 1 unspecified atom stereocenters. The molecule has 0 aliphatic carbocycles. The Morgan fingerprint density at radius 2 is 1.74 bits per heavy atom. The summed E-state index contributed by atoms with van der Waals surface area (Å²) < 4.78 is 14.1. The largest absolute Gasteiger partial charge is 0.443 e. The Morgan fingerprint density at radius 1 is 1.10 bits per heavy atom. The van der Waals surface area contributed by atoms with Crippen LogP contribution in [-0.2, 0) is 15.7 Å². The van der Waals surface area contributed by atoms with Gasteiger partial charge in [0, 0.05) is 18.2 Å². The highest BCUT2D eigenvalue weighted by Gasteiger charge is 2.38. The van der Waals surface area contributed by atoms with Gasteiger partial charge in [0.15, 0.2) is 14.0 Å². The Kier molecular flexibility index (Phi) is 10.5. The van der Waals surface area contributed by atoms with E-state index in [4.69, 9.17) is 14.1 Å². The standard InChI is InChI=1S/C31H49N5O5Si/c1-22(2)25-17-32-36-27(35(29(39)41-30(3,4)5)18-23-14-12-11-13-15-23)16-26(33-28(25)36)34(19-24(38)20-37)21-40-42(9,10)31(6,7)8/h11-17,22,24,37-38H,18-21H2,1-10H3. The van der Waals surface area contributed by atoms with Crippen molar-refractivity contribution in [2.24, 2.45) is 0 Å². The summed E-state index contributed by atoms with van der Waals surface area (Å²) in [5, 5.41) is 24.9. The van der Waals surface area contributed by atoms with Crippen LogP contribution in [0.1, 0.15) is 72.4 Å². The fraction of sp³-hybridized carbons (Fsp3) is 0.581. The zero-order chi connectivity index (χ0) is 31.5. The summed E-state index contributed by atoms with van der Waals surface area (Å²) in [5.41, 5.74) is 1.70. The molecule has 1 atom stereocenters. The normalized spacial score (nSPS) is 13.5. The van der Waals surface area contributed by atoms with E-state index in [0.717, 1.165) is 11.1 Å². The number of rotatable bonds is 11. The molecule has 2 N–H and O–H groups in total. The lowest BCUT2D eigenvalue weighted by molar-refractivity contribution is 0.0575. The maximum atomic E-state index is 13.8. The molecule has 0 radical (unpaired) electrons. The van der Waals surface area contributed by atoms with Crippen molar-refractivity contribution in [3.63, 3.8) is 0 Å². The topological polar surface area (TPSA) is 113 Å². The Labute approximate surface area is 251 Å². The van der Waals surface area contributed by atoms with Crippen molar-refractivity contribution in [3.8, 4) is 0 Å². The van der Waals surface area contributed by atoms with Crippen molar-refractivity contribution in [1.29, 1.82) is 0 Å². The molecule has 3 rings (SSSR count). The number of hydrogen-bond donors (Lipinski definition) is 2. The number of hydrogen-bond acceptors (Lipinski definition) is 8. The van der Waals surface area contributed by atoms with Crippen LogP contribution >= 0.6 is 0 Å². The van der Waals surface area contributed by atoms with Gasteiger partial charge in [0.1, 0.15) is 24.0 Å². The predicted octanol–water partition coefficient (Wildman–Crippen LogP) is 5.93. The van der Waals surface area contributed by atoms with Crippen LogP contribution in [0.3, 0.4) is 0 Å². The molecule has 0 fully saturated rings. The lowest BCUT2D eigenvalue weighted by Gasteiger charge is -2.38. The van der Waals surface area contributed by atoms with Crippen molar-refractivity contribution >= 4 is 31.7 Å². The molecule has 0 aliphatic rings. The summed E-state index contributed by atoms with van der Waals surface area (Å²) in [5.74, 6) is 1.07. The third-order valence-electron chi connectivity index (χ3n) is 7.52. The third-order valence-corrected chi connectivity index (χ3v) is 12.0. The number of benzene rings is 1. The number of carbonyl (C=O) groups excluding carboxylic acids is 1. The molecule has 0 spiro atoms. The highest BCUT2D eigenvalue weighted by Crippen LogP contribution is 2.37. The minimum atomic E-state index is -2.18. The zero-order valence-electron chi connectivity index (χ0n) is 26.9. The minimum Gasteiger partial charge on any atom is -0.443 e. The first-order valence-electron chi connectivity index (χ1n) is 14.5. The first-order valence-corrected chi connectivity index (χ1v) is 17.5. The van der Waals surface area contributed by atoms with E-state index >= 15 is 0 Å². The second-order valence-electron chi connectivity index (χ2n) is 13.6. The van der Waals surface area contributed by atoms with Crippen LogP contribution in [0.25, 0.3) is 5.65 Å². The molecule has 0 saturated heterocycles. The van der Waals surface area contributed by atoms with E-state index in [9.17, 15) is 15.0 Å². The number of ether oxygens (including phenoxy) is 1. The number of carbonyl (C=O) groups is 1. The molecule has 1 aromatic carbocycles. The molecule has 232 valence electrons. The Morgan fingerprint density at radius 3 is 2.29 bits per heavy atom. The summed E-state index contributed by atoms with van der Waals surface area (Å²) in [6.07, 6.45) is 0.232. The van der Waals surface area contributed by atoms with Crippen LogP contribution in [-0.4, -0.2) is 70.8 Å². The molecular formula is C31H49N5O5Si. The van der Waals surface area contributed by atoms with E-state index in [1.807, 2.05) is 56.0 Å². The number of anilines is 2. The fourth-order valence-corrected chi connectivity index (χ4v) is 4.93. The number of nitrogens with zero attached hydrogens (tertiary/aromatic N) is 5. The maximum absolute atomic E-state index is 13.8. The lowest BCUT2D eigenvalue weighted by atomic mass is 10.1. The summed E-state index contributed by atoms with van der Waals surface area (Å²) in [7, 11) is -2.18. The number of aliphatic hydroxyl groups excluding tert-OH is 2. The summed E-state index contributed by atoms with van der Waals surface area (Å²) in [4.78, 5) is 22.1. The van der Waals surface area contributed by atoms with E-state index in [2.05, 4.69) is 52.8 Å². The summed E-state index contributed by atoms with van der Waals surface area (Å²) in [6, 6.07) is 11.5. The van der Waals surface area contributed by atoms with Crippen LogP contribution in [0.4, 0.5) is 16.4 Å². The maximum Gasteiger partial charge on any atom is 0.416 e. The van der Waals surface area contributed by atoms with Crippen LogP contribution in [0.2, 0.25) is 18.1 Å². The summed E-state index contributed by atoms with van der Waals surface area (Å²) in [6.45, 7) is 20.5. The molecule has 0 saturated carbocycles. The van der Waals surface area contributed by atoms with Gasteiger partial charge in [0.25, 0.3) is 0 Å². The first kappa shape index (κ1) is 33.5. The second kappa shape index (κ2) is 13.1. The quantitative estimate of drug-likeness (QED) is 0.206. The first-order chi connectivity index (χ1) is 19.4. The number of fused-ring (bicyclic) bond motifs is 1. The van der Waals surface area contributed by atoms with Crippen LogP contribution < -0.4 is 9.80 Å². The van der Waals surface area contributed by atoms with E-state index in [0.29, 0.717) is 17.3 Å². The van der Waals surface area contributed by atoms with Gasteiger partial charge in [-0.05, 0) is 50.4 Å². The molecule has 10 nitrogen and oxygen atoms in total. The predicted molar refractivity (Wildman–Crippen MR) is 170 cm³/mol. The second-order valence-corrected chi connectivity index (χ2v) is 18.4. The fourth-order valence-electron chi connectivity index (χ4n) is 4.02. The van der Waals surface area contributed by atoms with Gasteiger partial charge < -0.3 is 24.3 Å². The highest BCUT2D eigenvalue weighted by atomic mass is 28.4. The molecule has 0 bridgehead atoms. The van der Waals surface area contributed by atoms with Gasteiger partial charge in [0.05, 0.1) is 25.5 Å².